The third-order valence-corrected chi connectivity index (χ3v) is 5.98. The van der Waals surface area contributed by atoms with Crippen LogP contribution >= 0.6 is 23.2 Å². The van der Waals surface area contributed by atoms with E-state index < -0.39 is 42.6 Å². The van der Waals surface area contributed by atoms with Gasteiger partial charge in [0, 0.05) is 17.0 Å². The quantitative estimate of drug-likeness (QED) is 0.522. The molecule has 0 saturated carbocycles. The summed E-state index contributed by atoms with van der Waals surface area (Å²) in [5.74, 6) is -1.04. The molecule has 1 aliphatic heterocycles. The molecule has 1 aliphatic rings. The van der Waals surface area contributed by atoms with E-state index in [2.05, 4.69) is 10.2 Å². The minimum atomic E-state index is -1.21. The van der Waals surface area contributed by atoms with E-state index in [4.69, 9.17) is 32.4 Å². The summed E-state index contributed by atoms with van der Waals surface area (Å²) in [7, 11) is 0. The number of carbonyl (C=O) groups is 2. The number of hydrogen-bond donors (Lipinski definition) is 1. The van der Waals surface area contributed by atoms with Crippen molar-refractivity contribution in [1.29, 1.82) is 0 Å². The first-order valence-electron chi connectivity index (χ1n) is 10.2. The van der Waals surface area contributed by atoms with Gasteiger partial charge in [0.15, 0.2) is 0 Å². The smallest absolute Gasteiger partial charge is 0.306 e. The molecular formula is C23H21Cl2N3O5. The molecule has 4 rings (SSSR count). The van der Waals surface area contributed by atoms with Crippen molar-refractivity contribution in [3.63, 3.8) is 0 Å². The monoisotopic (exact) mass is 489 g/mol. The number of rotatable bonds is 6. The molecule has 33 heavy (non-hydrogen) atoms. The summed E-state index contributed by atoms with van der Waals surface area (Å²) in [5.41, 5.74) is 1.44. The highest BCUT2D eigenvalue weighted by Crippen LogP contribution is 2.46. The number of ether oxygens (including phenoxy) is 1. The Morgan fingerprint density at radius 3 is 2.45 bits per heavy atom. The molecule has 10 heteroatoms. The third-order valence-electron chi connectivity index (χ3n) is 5.49. The van der Waals surface area contributed by atoms with Crippen molar-refractivity contribution < 1.29 is 23.8 Å². The second-order valence-electron chi connectivity index (χ2n) is 7.78. The summed E-state index contributed by atoms with van der Waals surface area (Å²) < 4.78 is 11.8. The van der Waals surface area contributed by atoms with Gasteiger partial charge in [-0.2, -0.15) is 0 Å². The van der Waals surface area contributed by atoms with E-state index in [0.717, 1.165) is 5.56 Å². The molecule has 0 unspecified atom stereocenters. The molecule has 1 saturated heterocycles. The van der Waals surface area contributed by atoms with Crippen LogP contribution < -0.4 is 0 Å². The fraction of sp³-hybridized carbons (Fsp3) is 0.304. The van der Waals surface area contributed by atoms with Crippen molar-refractivity contribution in [2.75, 3.05) is 0 Å². The number of aryl methyl sites for hydroxylation is 1. The summed E-state index contributed by atoms with van der Waals surface area (Å²) in [6, 6.07) is 12.8. The van der Waals surface area contributed by atoms with E-state index in [1.54, 1.807) is 61.2 Å². The second-order valence-corrected chi connectivity index (χ2v) is 8.65. The highest BCUT2D eigenvalue weighted by Gasteiger charge is 2.47. The van der Waals surface area contributed by atoms with Crippen molar-refractivity contribution in [3.05, 3.63) is 81.5 Å². The number of carbonyl (C=O) groups excluding carboxylic acids is 1. The van der Waals surface area contributed by atoms with E-state index in [0.29, 0.717) is 21.5 Å². The second kappa shape index (κ2) is 9.51. The number of morpholine rings is 1. The molecule has 0 spiro atoms. The average molecular weight is 490 g/mol. The Balaban J connectivity index is 1.87. The number of amides is 1. The molecule has 2 heterocycles. The van der Waals surface area contributed by atoms with Gasteiger partial charge in [0.25, 0.3) is 5.91 Å². The van der Waals surface area contributed by atoms with E-state index in [9.17, 15) is 14.7 Å². The van der Waals surface area contributed by atoms with Crippen LogP contribution in [-0.4, -0.2) is 38.2 Å². The van der Waals surface area contributed by atoms with Crippen LogP contribution in [0, 0.1) is 6.92 Å². The summed E-state index contributed by atoms with van der Waals surface area (Å²) in [6.07, 6.45) is -2.41. The topological polar surface area (TPSA) is 106 Å². The molecule has 1 N–H and O–H groups in total. The Bertz CT molecular complexity index is 1170. The highest BCUT2D eigenvalue weighted by molar-refractivity contribution is 6.30. The van der Waals surface area contributed by atoms with Gasteiger partial charge in [0.1, 0.15) is 18.2 Å². The predicted octanol–water partition coefficient (Wildman–Crippen LogP) is 4.93. The van der Waals surface area contributed by atoms with Crippen LogP contribution in [0.5, 0.6) is 0 Å². The molecule has 1 aromatic heterocycles. The number of carboxylic acids is 1. The van der Waals surface area contributed by atoms with Gasteiger partial charge in [-0.25, -0.2) is 0 Å². The molecule has 1 fully saturated rings. The van der Waals surface area contributed by atoms with Crippen molar-refractivity contribution in [3.8, 4) is 0 Å². The van der Waals surface area contributed by atoms with Crippen molar-refractivity contribution in [1.82, 2.24) is 15.1 Å². The van der Waals surface area contributed by atoms with Gasteiger partial charge in [0.2, 0.25) is 11.8 Å². The zero-order valence-corrected chi connectivity index (χ0v) is 19.3. The fourth-order valence-corrected chi connectivity index (χ4v) is 4.35. The summed E-state index contributed by atoms with van der Waals surface area (Å²) in [6.45, 7) is 3.41. The third kappa shape index (κ3) is 4.88. The number of halogens is 2. The van der Waals surface area contributed by atoms with Gasteiger partial charge in [-0.05, 0) is 42.3 Å². The van der Waals surface area contributed by atoms with E-state index in [1.165, 1.54) is 0 Å². The van der Waals surface area contributed by atoms with E-state index in [1.807, 2.05) is 6.07 Å². The average Bonchev–Trinajstić information content (AvgIpc) is 3.21. The van der Waals surface area contributed by atoms with Crippen LogP contribution in [0.2, 0.25) is 10.0 Å². The van der Waals surface area contributed by atoms with Crippen LogP contribution in [0.4, 0.5) is 0 Å². The van der Waals surface area contributed by atoms with Gasteiger partial charge >= 0.3 is 5.97 Å². The molecule has 4 atom stereocenters. The Kier molecular flexibility index (Phi) is 6.69. The summed E-state index contributed by atoms with van der Waals surface area (Å²) in [5, 5.41) is 18.4. The molecule has 0 radical (unpaired) electrons. The lowest BCUT2D eigenvalue weighted by atomic mass is 9.90. The van der Waals surface area contributed by atoms with Gasteiger partial charge in [-0.3, -0.25) is 9.59 Å². The first-order chi connectivity index (χ1) is 15.7. The van der Waals surface area contributed by atoms with Crippen molar-refractivity contribution >= 4 is 35.1 Å². The van der Waals surface area contributed by atoms with Crippen molar-refractivity contribution in [2.24, 2.45) is 0 Å². The van der Waals surface area contributed by atoms with Gasteiger partial charge in [-0.1, -0.05) is 47.5 Å². The number of benzene rings is 2. The van der Waals surface area contributed by atoms with Crippen LogP contribution in [0.15, 0.2) is 52.9 Å². The zero-order chi connectivity index (χ0) is 23.7. The molecule has 0 bridgehead atoms. The largest absolute Gasteiger partial charge is 0.481 e. The van der Waals surface area contributed by atoms with E-state index >= 15 is 0 Å². The molecule has 8 nitrogen and oxygen atoms in total. The zero-order valence-electron chi connectivity index (χ0n) is 17.8. The van der Waals surface area contributed by atoms with Gasteiger partial charge < -0.3 is 19.2 Å². The SMILES string of the molecule is Cc1nnc([C@@H](C)N2C(=O)[C@@H](CC(=O)O)O[C@H](c3cccc(Cl)c3)[C@@H]2c2ccc(Cl)cc2)o1. The maximum absolute atomic E-state index is 13.6. The summed E-state index contributed by atoms with van der Waals surface area (Å²) in [4.78, 5) is 26.6. The fourth-order valence-electron chi connectivity index (χ4n) is 4.02. The summed E-state index contributed by atoms with van der Waals surface area (Å²) >= 11 is 12.3. The van der Waals surface area contributed by atoms with E-state index in [-0.39, 0.29) is 5.89 Å². The van der Waals surface area contributed by atoms with Crippen molar-refractivity contribution in [2.45, 2.75) is 44.6 Å². The lowest BCUT2D eigenvalue weighted by Gasteiger charge is -2.46. The van der Waals surface area contributed by atoms with Crippen LogP contribution in [-0.2, 0) is 14.3 Å². The van der Waals surface area contributed by atoms with Gasteiger partial charge in [-0.15, -0.1) is 10.2 Å². The van der Waals surface area contributed by atoms with Crippen LogP contribution in [0.25, 0.3) is 0 Å². The highest BCUT2D eigenvalue weighted by atomic mass is 35.5. The van der Waals surface area contributed by atoms with Crippen LogP contribution in [0.1, 0.15) is 54.4 Å². The Labute approximate surface area is 200 Å². The minimum Gasteiger partial charge on any atom is -0.481 e. The van der Waals surface area contributed by atoms with Crippen LogP contribution in [0.3, 0.4) is 0 Å². The molecular weight excluding hydrogens is 469 g/mol. The Morgan fingerprint density at radius 2 is 1.85 bits per heavy atom. The minimum absolute atomic E-state index is 0.237. The number of aliphatic carboxylic acids is 1. The first-order valence-corrected chi connectivity index (χ1v) is 11.0. The molecule has 0 aliphatic carbocycles. The lowest BCUT2D eigenvalue weighted by molar-refractivity contribution is -0.183. The molecule has 172 valence electrons. The lowest BCUT2D eigenvalue weighted by Crippen LogP contribution is -2.52. The van der Waals surface area contributed by atoms with Gasteiger partial charge in [0.05, 0.1) is 12.5 Å². The molecule has 1 amide bonds. The normalized spacial score (nSPS) is 21.8. The molecule has 2 aromatic carbocycles. The maximum atomic E-state index is 13.6. The first kappa shape index (κ1) is 23.2. The number of hydrogen-bond acceptors (Lipinski definition) is 6. The Hall–Kier alpha value is -2.94. The molecule has 3 aromatic rings. The Morgan fingerprint density at radius 1 is 1.12 bits per heavy atom. The number of aromatic nitrogens is 2. The standard InChI is InChI=1S/C23H21Cl2N3O5/c1-12(22-27-26-13(2)32-22)28-20(14-6-8-16(24)9-7-14)21(15-4-3-5-17(25)10-15)33-18(23(28)31)11-19(29)30/h3-10,12,18,20-21H,11H2,1-2H3,(H,29,30)/t12-,18-,20+,21-/m1/s1. The predicted molar refractivity (Wildman–Crippen MR) is 120 cm³/mol. The number of nitrogens with zero attached hydrogens (tertiary/aromatic N) is 3. The maximum Gasteiger partial charge on any atom is 0.306 e. The number of carboxylic acid groups (broad SMARTS) is 1.